The lowest BCUT2D eigenvalue weighted by Gasteiger charge is -2.09. The molecule has 0 unspecified atom stereocenters. The molecule has 2 heteroatoms. The zero-order valence-electron chi connectivity index (χ0n) is 7.79. The molecule has 1 heterocycles. The summed E-state index contributed by atoms with van der Waals surface area (Å²) in [4.78, 5) is 0. The van der Waals surface area contributed by atoms with E-state index in [0.717, 1.165) is 5.22 Å². The predicted octanol–water partition coefficient (Wildman–Crippen LogP) is 1.27. The first-order valence-corrected chi connectivity index (χ1v) is 4.89. The van der Waals surface area contributed by atoms with Crippen LogP contribution in [0.3, 0.4) is 0 Å². The second-order valence-corrected chi connectivity index (χ2v) is 4.86. The monoisotopic (exact) mass is 181 g/mol. The van der Waals surface area contributed by atoms with Gasteiger partial charge >= 0.3 is 0 Å². The molecular weight excluding hydrogens is 166 g/mol. The van der Waals surface area contributed by atoms with Gasteiger partial charge in [0.25, 0.3) is 0 Å². The van der Waals surface area contributed by atoms with E-state index in [1.54, 1.807) is 17.5 Å². The average molecular weight is 181 g/mol. The van der Waals surface area contributed by atoms with Crippen molar-refractivity contribution in [2.75, 3.05) is 0 Å². The molecule has 0 atom stereocenters. The highest BCUT2D eigenvalue weighted by Crippen LogP contribution is 2.13. The molecule has 1 aromatic rings. The van der Waals surface area contributed by atoms with Crippen molar-refractivity contribution >= 4 is 23.6 Å². The fourth-order valence-electron chi connectivity index (χ4n) is 0.979. The van der Waals surface area contributed by atoms with Gasteiger partial charge in [0, 0.05) is 16.0 Å². The van der Waals surface area contributed by atoms with Gasteiger partial charge in [-0.05, 0) is 16.9 Å². The minimum Gasteiger partial charge on any atom is -0.404 e. The van der Waals surface area contributed by atoms with Crippen molar-refractivity contribution in [3.63, 3.8) is 0 Å². The average Bonchev–Trinajstić information content (AvgIpc) is 2.31. The molecular formula is C10H15NS. The molecule has 0 aromatic carbocycles. The van der Waals surface area contributed by atoms with Crippen LogP contribution in [-0.4, -0.2) is 0 Å². The summed E-state index contributed by atoms with van der Waals surface area (Å²) < 4.78 is 1.27. The van der Waals surface area contributed by atoms with E-state index in [4.69, 9.17) is 5.73 Å². The Kier molecular flexibility index (Phi) is 2.58. The van der Waals surface area contributed by atoms with Crippen molar-refractivity contribution in [2.24, 2.45) is 11.1 Å². The summed E-state index contributed by atoms with van der Waals surface area (Å²) in [5.74, 6) is 0. The number of rotatable bonds is 0. The molecule has 66 valence electrons. The molecule has 1 rings (SSSR count). The minimum atomic E-state index is 0.225. The van der Waals surface area contributed by atoms with E-state index >= 15 is 0 Å². The van der Waals surface area contributed by atoms with Gasteiger partial charge in [-0.2, -0.15) is 0 Å². The first-order chi connectivity index (χ1) is 5.53. The van der Waals surface area contributed by atoms with Crippen molar-refractivity contribution in [3.05, 3.63) is 21.2 Å². The van der Waals surface area contributed by atoms with Gasteiger partial charge < -0.3 is 5.73 Å². The number of hydrogen-bond acceptors (Lipinski definition) is 2. The van der Waals surface area contributed by atoms with E-state index in [1.165, 1.54) is 4.53 Å². The first kappa shape index (κ1) is 9.33. The summed E-state index contributed by atoms with van der Waals surface area (Å²) in [5, 5.41) is 3.20. The predicted molar refractivity (Wildman–Crippen MR) is 56.1 cm³/mol. The third-order valence-electron chi connectivity index (χ3n) is 1.47. The lowest BCUT2D eigenvalue weighted by molar-refractivity contribution is 0.585. The third kappa shape index (κ3) is 2.38. The number of thiophene rings is 1. The summed E-state index contributed by atoms with van der Waals surface area (Å²) in [6.45, 7) is 6.56. The summed E-state index contributed by atoms with van der Waals surface area (Å²) in [7, 11) is 0. The van der Waals surface area contributed by atoms with Crippen LogP contribution < -0.4 is 15.5 Å². The van der Waals surface area contributed by atoms with Crippen molar-refractivity contribution < 1.29 is 0 Å². The minimum absolute atomic E-state index is 0.225. The molecule has 0 aliphatic heterocycles. The highest BCUT2D eigenvalue weighted by Gasteiger charge is 2.04. The molecule has 0 spiro atoms. The quantitative estimate of drug-likeness (QED) is 0.641. The van der Waals surface area contributed by atoms with Crippen molar-refractivity contribution in [3.8, 4) is 0 Å². The van der Waals surface area contributed by atoms with Crippen LogP contribution in [0.2, 0.25) is 0 Å². The fraction of sp³-hybridized carbons (Fsp3) is 0.400. The van der Waals surface area contributed by atoms with Gasteiger partial charge in [-0.1, -0.05) is 26.8 Å². The van der Waals surface area contributed by atoms with Crippen LogP contribution in [0.15, 0.2) is 11.4 Å². The Labute approximate surface area is 77.2 Å². The molecule has 0 saturated carbocycles. The molecule has 0 aliphatic rings. The SMILES string of the molecule is CC(C)(C)/C=c1/scc/c1=C/N. The van der Waals surface area contributed by atoms with Gasteiger partial charge in [0.05, 0.1) is 0 Å². The van der Waals surface area contributed by atoms with E-state index in [-0.39, 0.29) is 5.41 Å². The van der Waals surface area contributed by atoms with E-state index in [1.807, 2.05) is 6.07 Å². The van der Waals surface area contributed by atoms with Crippen LogP contribution in [0.25, 0.3) is 12.3 Å². The Balaban J connectivity index is 3.29. The fourth-order valence-corrected chi connectivity index (χ4v) is 2.03. The molecule has 0 radical (unpaired) electrons. The smallest absolute Gasteiger partial charge is 0.0322 e. The van der Waals surface area contributed by atoms with Gasteiger partial charge in [-0.3, -0.25) is 0 Å². The maximum absolute atomic E-state index is 5.48. The van der Waals surface area contributed by atoms with Crippen LogP contribution in [0.4, 0.5) is 0 Å². The maximum atomic E-state index is 5.48. The van der Waals surface area contributed by atoms with Crippen LogP contribution in [0.1, 0.15) is 20.8 Å². The standard InChI is InChI=1S/C10H15NS/c1-10(2,3)6-9-8(7-11)4-5-12-9/h4-7H,11H2,1-3H3/b8-7-,9-6+. The van der Waals surface area contributed by atoms with Gasteiger partial charge in [-0.25, -0.2) is 0 Å². The second kappa shape index (κ2) is 3.31. The first-order valence-electron chi connectivity index (χ1n) is 4.01. The molecule has 12 heavy (non-hydrogen) atoms. The zero-order valence-corrected chi connectivity index (χ0v) is 8.61. The molecule has 0 aliphatic carbocycles. The molecule has 0 bridgehead atoms. The Morgan fingerprint density at radius 1 is 1.42 bits per heavy atom. The van der Waals surface area contributed by atoms with Crippen LogP contribution in [0, 0.1) is 5.41 Å². The molecule has 1 nitrogen and oxygen atoms in total. The second-order valence-electron chi connectivity index (χ2n) is 3.92. The van der Waals surface area contributed by atoms with Gasteiger partial charge in [0.15, 0.2) is 0 Å². The molecule has 0 amide bonds. The normalized spacial score (nSPS) is 15.6. The maximum Gasteiger partial charge on any atom is 0.0322 e. The summed E-state index contributed by atoms with van der Waals surface area (Å²) in [6, 6.07) is 2.04. The number of nitrogens with two attached hydrogens (primary N) is 1. The Bertz CT molecular complexity index is 354. The molecule has 0 fully saturated rings. The lowest BCUT2D eigenvalue weighted by atomic mass is 9.97. The van der Waals surface area contributed by atoms with Gasteiger partial charge in [0.2, 0.25) is 0 Å². The van der Waals surface area contributed by atoms with Crippen LogP contribution in [-0.2, 0) is 0 Å². The lowest BCUT2D eigenvalue weighted by Crippen LogP contribution is -2.22. The van der Waals surface area contributed by atoms with E-state index < -0.39 is 0 Å². The van der Waals surface area contributed by atoms with E-state index in [0.29, 0.717) is 0 Å². The van der Waals surface area contributed by atoms with Crippen LogP contribution in [0.5, 0.6) is 0 Å². The van der Waals surface area contributed by atoms with Crippen molar-refractivity contribution in [1.82, 2.24) is 0 Å². The molecule has 1 aromatic heterocycles. The van der Waals surface area contributed by atoms with E-state index in [2.05, 4.69) is 32.2 Å². The molecule has 0 saturated heterocycles. The Morgan fingerprint density at radius 2 is 2.08 bits per heavy atom. The highest BCUT2D eigenvalue weighted by atomic mass is 32.1. The highest BCUT2D eigenvalue weighted by molar-refractivity contribution is 7.07. The van der Waals surface area contributed by atoms with Crippen molar-refractivity contribution in [1.29, 1.82) is 0 Å². The zero-order chi connectivity index (χ0) is 9.19. The van der Waals surface area contributed by atoms with E-state index in [9.17, 15) is 0 Å². The largest absolute Gasteiger partial charge is 0.404 e. The van der Waals surface area contributed by atoms with Gasteiger partial charge in [0.1, 0.15) is 0 Å². The summed E-state index contributed by atoms with van der Waals surface area (Å²) >= 11 is 1.73. The van der Waals surface area contributed by atoms with Crippen LogP contribution >= 0.6 is 11.3 Å². The summed E-state index contributed by atoms with van der Waals surface area (Å²) in [6.07, 6.45) is 3.91. The Morgan fingerprint density at radius 3 is 2.58 bits per heavy atom. The topological polar surface area (TPSA) is 26.0 Å². The molecule has 2 N–H and O–H groups in total. The van der Waals surface area contributed by atoms with Gasteiger partial charge in [-0.15, -0.1) is 11.3 Å². The van der Waals surface area contributed by atoms with Crippen molar-refractivity contribution in [2.45, 2.75) is 20.8 Å². The Hall–Kier alpha value is -0.760. The summed E-state index contributed by atoms with van der Waals surface area (Å²) in [5.41, 5.74) is 5.70. The third-order valence-corrected chi connectivity index (χ3v) is 2.35. The number of hydrogen-bond donors (Lipinski definition) is 1.